The summed E-state index contributed by atoms with van der Waals surface area (Å²) in [5.41, 5.74) is 2.28. The zero-order valence-corrected chi connectivity index (χ0v) is 9.99. The molecule has 0 saturated carbocycles. The van der Waals surface area contributed by atoms with Crippen LogP contribution in [0.5, 0.6) is 0 Å². The van der Waals surface area contributed by atoms with Gasteiger partial charge in [-0.15, -0.1) is 0 Å². The van der Waals surface area contributed by atoms with Crippen LogP contribution in [-0.4, -0.2) is 29.9 Å². The number of hydrogen-bond donors (Lipinski definition) is 2. The Kier molecular flexibility index (Phi) is 4.54. The van der Waals surface area contributed by atoms with Crippen LogP contribution in [-0.2, 0) is 4.79 Å². The Morgan fingerprint density at radius 2 is 2.20 bits per heavy atom. The number of nitrogens with one attached hydrogen (secondary N) is 1. The summed E-state index contributed by atoms with van der Waals surface area (Å²) >= 11 is 0. The van der Waals surface area contributed by atoms with Crippen molar-refractivity contribution in [3.8, 4) is 0 Å². The predicted molar refractivity (Wildman–Crippen MR) is 60.9 cm³/mol. The van der Waals surface area contributed by atoms with Crippen LogP contribution in [0.4, 0.5) is 0 Å². The van der Waals surface area contributed by atoms with Crippen LogP contribution in [0.2, 0.25) is 0 Å². The number of amides is 1. The van der Waals surface area contributed by atoms with Gasteiger partial charge < -0.3 is 0 Å². The molecular weight excluding hydrogens is 190 g/mol. The molecular formula is C11H23N3O. The van der Waals surface area contributed by atoms with Crippen LogP contribution in [0.25, 0.3) is 0 Å². The zero-order valence-electron chi connectivity index (χ0n) is 9.99. The lowest BCUT2D eigenvalue weighted by molar-refractivity contribution is -0.128. The molecule has 0 bridgehead atoms. The van der Waals surface area contributed by atoms with Crippen LogP contribution < -0.4 is 11.3 Å². The highest BCUT2D eigenvalue weighted by Crippen LogP contribution is 2.21. The molecule has 0 aromatic heterocycles. The average molecular weight is 213 g/mol. The SMILES string of the molecule is CC(C)[C@H](C(=O)NN)N1CCC[C@H](C)C1. The van der Waals surface area contributed by atoms with Crippen LogP contribution in [0.1, 0.15) is 33.6 Å². The van der Waals surface area contributed by atoms with Crippen molar-refractivity contribution in [2.75, 3.05) is 13.1 Å². The van der Waals surface area contributed by atoms with Crippen molar-refractivity contribution in [1.82, 2.24) is 10.3 Å². The largest absolute Gasteiger partial charge is 0.293 e. The quantitative estimate of drug-likeness (QED) is 0.413. The van der Waals surface area contributed by atoms with E-state index in [9.17, 15) is 4.79 Å². The van der Waals surface area contributed by atoms with Crippen molar-refractivity contribution in [3.63, 3.8) is 0 Å². The fourth-order valence-corrected chi connectivity index (χ4v) is 2.45. The predicted octanol–water partition coefficient (Wildman–Crippen LogP) is 0.733. The van der Waals surface area contributed by atoms with Gasteiger partial charge in [-0.2, -0.15) is 0 Å². The van der Waals surface area contributed by atoms with Gasteiger partial charge in [0.1, 0.15) is 0 Å². The number of likely N-dealkylation sites (tertiary alicyclic amines) is 1. The van der Waals surface area contributed by atoms with E-state index in [-0.39, 0.29) is 11.9 Å². The maximum atomic E-state index is 11.7. The third kappa shape index (κ3) is 3.18. The van der Waals surface area contributed by atoms with Crippen molar-refractivity contribution in [2.24, 2.45) is 17.7 Å². The molecule has 2 atom stereocenters. The molecule has 1 heterocycles. The smallest absolute Gasteiger partial charge is 0.251 e. The highest BCUT2D eigenvalue weighted by atomic mass is 16.2. The number of piperidine rings is 1. The first-order chi connectivity index (χ1) is 7.06. The van der Waals surface area contributed by atoms with Gasteiger partial charge in [0.05, 0.1) is 6.04 Å². The molecule has 0 aliphatic carbocycles. The molecule has 0 radical (unpaired) electrons. The number of nitrogens with zero attached hydrogens (tertiary/aromatic N) is 1. The summed E-state index contributed by atoms with van der Waals surface area (Å²) < 4.78 is 0. The molecule has 15 heavy (non-hydrogen) atoms. The summed E-state index contributed by atoms with van der Waals surface area (Å²) in [6.07, 6.45) is 2.45. The molecule has 4 nitrogen and oxygen atoms in total. The Bertz CT molecular complexity index is 218. The Balaban J connectivity index is 2.66. The molecule has 1 aliphatic heterocycles. The van der Waals surface area contributed by atoms with E-state index in [4.69, 9.17) is 5.84 Å². The molecule has 0 aromatic carbocycles. The first-order valence-corrected chi connectivity index (χ1v) is 5.80. The number of hydrazine groups is 1. The van der Waals surface area contributed by atoms with E-state index in [1.807, 2.05) is 0 Å². The van der Waals surface area contributed by atoms with Gasteiger partial charge in [0, 0.05) is 6.54 Å². The van der Waals surface area contributed by atoms with Gasteiger partial charge in [0.25, 0.3) is 5.91 Å². The van der Waals surface area contributed by atoms with Crippen molar-refractivity contribution in [3.05, 3.63) is 0 Å². The molecule has 4 heteroatoms. The second-order valence-corrected chi connectivity index (χ2v) is 4.94. The Hall–Kier alpha value is -0.610. The van der Waals surface area contributed by atoms with Gasteiger partial charge in [-0.05, 0) is 31.2 Å². The highest BCUT2D eigenvalue weighted by Gasteiger charge is 2.30. The summed E-state index contributed by atoms with van der Waals surface area (Å²) in [6.45, 7) is 8.40. The molecule has 0 spiro atoms. The van der Waals surface area contributed by atoms with E-state index in [1.54, 1.807) is 0 Å². The van der Waals surface area contributed by atoms with E-state index in [0.717, 1.165) is 13.1 Å². The number of carbonyl (C=O) groups excluding carboxylic acids is 1. The van der Waals surface area contributed by atoms with Gasteiger partial charge in [0.2, 0.25) is 0 Å². The molecule has 0 aromatic rings. The van der Waals surface area contributed by atoms with Gasteiger partial charge in [0.15, 0.2) is 0 Å². The fourth-order valence-electron chi connectivity index (χ4n) is 2.45. The fraction of sp³-hybridized carbons (Fsp3) is 0.909. The third-order valence-electron chi connectivity index (χ3n) is 3.12. The topological polar surface area (TPSA) is 58.4 Å². The lowest BCUT2D eigenvalue weighted by Crippen LogP contribution is -2.54. The first-order valence-electron chi connectivity index (χ1n) is 5.80. The molecule has 1 fully saturated rings. The highest BCUT2D eigenvalue weighted by molar-refractivity contribution is 5.81. The number of carbonyl (C=O) groups is 1. The number of nitrogens with two attached hydrogens (primary N) is 1. The third-order valence-corrected chi connectivity index (χ3v) is 3.12. The normalized spacial score (nSPS) is 25.3. The van der Waals surface area contributed by atoms with Gasteiger partial charge in [-0.1, -0.05) is 20.8 Å². The maximum absolute atomic E-state index is 11.7. The molecule has 1 aliphatic rings. The number of rotatable bonds is 3. The van der Waals surface area contributed by atoms with Crippen LogP contribution in [0.15, 0.2) is 0 Å². The second kappa shape index (κ2) is 5.47. The summed E-state index contributed by atoms with van der Waals surface area (Å²) in [6, 6.07) is -0.0715. The summed E-state index contributed by atoms with van der Waals surface area (Å²) in [5, 5.41) is 0. The van der Waals surface area contributed by atoms with Crippen molar-refractivity contribution >= 4 is 5.91 Å². The molecule has 1 saturated heterocycles. The van der Waals surface area contributed by atoms with Crippen molar-refractivity contribution < 1.29 is 4.79 Å². The van der Waals surface area contributed by atoms with E-state index >= 15 is 0 Å². The molecule has 1 rings (SSSR count). The minimum atomic E-state index is -0.0715. The van der Waals surface area contributed by atoms with E-state index in [0.29, 0.717) is 11.8 Å². The zero-order chi connectivity index (χ0) is 11.4. The lowest BCUT2D eigenvalue weighted by atomic mass is 9.94. The molecule has 88 valence electrons. The van der Waals surface area contributed by atoms with Gasteiger partial charge in [-0.3, -0.25) is 15.1 Å². The average Bonchev–Trinajstić information content (AvgIpc) is 2.17. The second-order valence-electron chi connectivity index (χ2n) is 4.94. The van der Waals surface area contributed by atoms with Crippen LogP contribution in [0, 0.1) is 11.8 Å². The van der Waals surface area contributed by atoms with Gasteiger partial charge in [-0.25, -0.2) is 5.84 Å². The van der Waals surface area contributed by atoms with Gasteiger partial charge >= 0.3 is 0 Å². The van der Waals surface area contributed by atoms with E-state index in [1.165, 1.54) is 12.8 Å². The Labute approximate surface area is 92.2 Å². The Morgan fingerprint density at radius 1 is 1.53 bits per heavy atom. The minimum Gasteiger partial charge on any atom is -0.293 e. The minimum absolute atomic E-state index is 0.0564. The molecule has 3 N–H and O–H groups in total. The van der Waals surface area contributed by atoms with Crippen LogP contribution in [0.3, 0.4) is 0 Å². The maximum Gasteiger partial charge on any atom is 0.251 e. The first kappa shape index (κ1) is 12.5. The van der Waals surface area contributed by atoms with E-state index in [2.05, 4.69) is 31.1 Å². The van der Waals surface area contributed by atoms with Crippen molar-refractivity contribution in [2.45, 2.75) is 39.7 Å². The van der Waals surface area contributed by atoms with Crippen LogP contribution >= 0.6 is 0 Å². The summed E-state index contributed by atoms with van der Waals surface area (Å²) in [5.74, 6) is 6.16. The lowest BCUT2D eigenvalue weighted by Gasteiger charge is -2.37. The molecule has 1 amide bonds. The number of hydrogen-bond acceptors (Lipinski definition) is 3. The molecule has 0 unspecified atom stereocenters. The van der Waals surface area contributed by atoms with Crippen molar-refractivity contribution in [1.29, 1.82) is 0 Å². The monoisotopic (exact) mass is 213 g/mol. The standard InChI is InChI=1S/C11H23N3O/c1-8(2)10(11(15)13-12)14-6-4-5-9(3)7-14/h8-10H,4-7,12H2,1-3H3,(H,13,15)/t9-,10+/m0/s1. The summed E-state index contributed by atoms with van der Waals surface area (Å²) in [4.78, 5) is 13.9. The Morgan fingerprint density at radius 3 is 2.67 bits per heavy atom. The summed E-state index contributed by atoms with van der Waals surface area (Å²) in [7, 11) is 0. The van der Waals surface area contributed by atoms with E-state index < -0.39 is 0 Å².